The Morgan fingerprint density at radius 1 is 1.39 bits per heavy atom. The van der Waals surface area contributed by atoms with Crippen LogP contribution in [0.3, 0.4) is 0 Å². The summed E-state index contributed by atoms with van der Waals surface area (Å²) < 4.78 is 38.3. The van der Waals surface area contributed by atoms with Gasteiger partial charge in [0.05, 0.1) is 15.8 Å². The summed E-state index contributed by atoms with van der Waals surface area (Å²) in [6.45, 7) is -1.18. The molecule has 0 bridgehead atoms. The third-order valence-corrected chi connectivity index (χ3v) is 2.84. The molecule has 2 aromatic rings. The number of aromatic nitrogens is 1. The molecular weight excluding hydrogens is 317 g/mol. The number of non-ortho nitro benzene ring substituents is 1. The zero-order valence-electron chi connectivity index (χ0n) is 8.74. The van der Waals surface area contributed by atoms with E-state index in [1.165, 1.54) is 24.4 Å². The lowest BCUT2D eigenvalue weighted by Crippen LogP contribution is -2.16. The van der Waals surface area contributed by atoms with E-state index < -0.39 is 17.6 Å². The quantitative estimate of drug-likeness (QED) is 0.622. The molecule has 0 aliphatic rings. The standard InChI is InChI=1S/C10H6BrF3N2O2/c11-6-3-8-7(9(4-6)16(17)18)1-2-15(8)5-10(12,13)14/h1-4H,5H2. The van der Waals surface area contributed by atoms with Crippen molar-refractivity contribution < 1.29 is 18.1 Å². The van der Waals surface area contributed by atoms with E-state index in [2.05, 4.69) is 15.9 Å². The van der Waals surface area contributed by atoms with Gasteiger partial charge in [0.25, 0.3) is 5.69 Å². The van der Waals surface area contributed by atoms with E-state index in [1.54, 1.807) is 0 Å². The van der Waals surface area contributed by atoms with Crippen LogP contribution in [0.1, 0.15) is 0 Å². The van der Waals surface area contributed by atoms with Crippen LogP contribution in [0.15, 0.2) is 28.9 Å². The van der Waals surface area contributed by atoms with Gasteiger partial charge in [-0.3, -0.25) is 10.1 Å². The first-order chi connectivity index (χ1) is 8.28. The number of nitro groups is 1. The largest absolute Gasteiger partial charge is 0.406 e. The van der Waals surface area contributed by atoms with E-state index in [0.29, 0.717) is 4.47 Å². The molecule has 0 radical (unpaired) electrons. The predicted molar refractivity (Wildman–Crippen MR) is 62.3 cm³/mol. The van der Waals surface area contributed by atoms with E-state index in [0.717, 1.165) is 4.57 Å². The molecule has 0 aliphatic carbocycles. The average Bonchev–Trinajstić information content (AvgIpc) is 2.58. The molecule has 0 aliphatic heterocycles. The molecule has 1 heterocycles. The minimum atomic E-state index is -4.37. The fraction of sp³-hybridized carbons (Fsp3) is 0.200. The summed E-state index contributed by atoms with van der Waals surface area (Å²) in [4.78, 5) is 10.2. The van der Waals surface area contributed by atoms with Crippen LogP contribution in [0, 0.1) is 10.1 Å². The van der Waals surface area contributed by atoms with Crippen molar-refractivity contribution in [3.63, 3.8) is 0 Å². The van der Waals surface area contributed by atoms with Crippen LogP contribution in [-0.4, -0.2) is 15.7 Å². The maximum Gasteiger partial charge on any atom is 0.406 e. The fourth-order valence-corrected chi connectivity index (χ4v) is 2.16. The van der Waals surface area contributed by atoms with Gasteiger partial charge < -0.3 is 4.57 Å². The summed E-state index contributed by atoms with van der Waals surface area (Å²) in [5.41, 5.74) is -0.0475. The number of fused-ring (bicyclic) bond motifs is 1. The zero-order chi connectivity index (χ0) is 13.5. The van der Waals surface area contributed by atoms with Crippen molar-refractivity contribution in [2.75, 3.05) is 0 Å². The summed E-state index contributed by atoms with van der Waals surface area (Å²) in [5.74, 6) is 0. The van der Waals surface area contributed by atoms with E-state index in [-0.39, 0.29) is 16.6 Å². The molecule has 0 amide bonds. The molecule has 18 heavy (non-hydrogen) atoms. The Morgan fingerprint density at radius 2 is 2.06 bits per heavy atom. The van der Waals surface area contributed by atoms with Gasteiger partial charge in [-0.1, -0.05) is 15.9 Å². The Labute approximate surface area is 107 Å². The van der Waals surface area contributed by atoms with Gasteiger partial charge in [-0.15, -0.1) is 0 Å². The molecule has 0 saturated carbocycles. The lowest BCUT2D eigenvalue weighted by atomic mass is 10.2. The highest BCUT2D eigenvalue weighted by Gasteiger charge is 2.29. The molecule has 8 heteroatoms. The van der Waals surface area contributed by atoms with E-state index >= 15 is 0 Å². The van der Waals surface area contributed by atoms with Crippen molar-refractivity contribution in [1.29, 1.82) is 0 Å². The molecule has 0 spiro atoms. The molecule has 0 N–H and O–H groups in total. The second-order valence-electron chi connectivity index (χ2n) is 3.67. The van der Waals surface area contributed by atoms with E-state index in [4.69, 9.17) is 0 Å². The molecule has 2 rings (SSSR count). The smallest absolute Gasteiger partial charge is 0.338 e. The molecule has 0 saturated heterocycles. The number of alkyl halides is 3. The second-order valence-corrected chi connectivity index (χ2v) is 4.59. The first-order valence-electron chi connectivity index (χ1n) is 4.77. The van der Waals surface area contributed by atoms with Crippen molar-refractivity contribution in [2.45, 2.75) is 12.7 Å². The number of nitrogens with zero attached hydrogens (tertiary/aromatic N) is 2. The molecule has 96 valence electrons. The summed E-state index contributed by atoms with van der Waals surface area (Å²) >= 11 is 3.05. The van der Waals surface area contributed by atoms with E-state index in [1.807, 2.05) is 0 Å². The lowest BCUT2D eigenvalue weighted by Gasteiger charge is -2.09. The van der Waals surface area contributed by atoms with E-state index in [9.17, 15) is 23.3 Å². The number of nitro benzene ring substituents is 1. The Hall–Kier alpha value is -1.57. The Bertz CT molecular complexity index is 621. The van der Waals surface area contributed by atoms with Crippen molar-refractivity contribution in [3.05, 3.63) is 39.0 Å². The number of rotatable bonds is 2. The van der Waals surface area contributed by atoms with Crippen LogP contribution < -0.4 is 0 Å². The topological polar surface area (TPSA) is 48.1 Å². The van der Waals surface area contributed by atoms with Crippen LogP contribution >= 0.6 is 15.9 Å². The van der Waals surface area contributed by atoms with Gasteiger partial charge in [0, 0.05) is 16.7 Å². The Balaban J connectivity index is 2.63. The molecular formula is C10H6BrF3N2O2. The molecule has 0 fully saturated rings. The second kappa shape index (κ2) is 4.27. The first-order valence-corrected chi connectivity index (χ1v) is 5.57. The Morgan fingerprint density at radius 3 is 2.61 bits per heavy atom. The number of benzene rings is 1. The monoisotopic (exact) mass is 322 g/mol. The molecule has 1 aromatic heterocycles. The number of hydrogen-bond donors (Lipinski definition) is 0. The lowest BCUT2D eigenvalue weighted by molar-refractivity contribution is -0.383. The minimum Gasteiger partial charge on any atom is -0.338 e. The van der Waals surface area contributed by atoms with Crippen LogP contribution in [-0.2, 0) is 6.54 Å². The van der Waals surface area contributed by atoms with Gasteiger partial charge in [0.15, 0.2) is 0 Å². The highest BCUT2D eigenvalue weighted by molar-refractivity contribution is 9.10. The number of halogens is 4. The molecule has 0 unspecified atom stereocenters. The summed E-state index contributed by atoms with van der Waals surface area (Å²) in [5, 5.41) is 11.0. The van der Waals surface area contributed by atoms with Gasteiger partial charge >= 0.3 is 6.18 Å². The van der Waals surface area contributed by atoms with Crippen molar-refractivity contribution in [3.8, 4) is 0 Å². The van der Waals surface area contributed by atoms with Crippen LogP contribution in [0.2, 0.25) is 0 Å². The van der Waals surface area contributed by atoms with Crippen LogP contribution in [0.25, 0.3) is 10.9 Å². The van der Waals surface area contributed by atoms with Gasteiger partial charge in [0.2, 0.25) is 0 Å². The maximum absolute atomic E-state index is 12.3. The number of hydrogen-bond acceptors (Lipinski definition) is 2. The minimum absolute atomic E-state index is 0.174. The third-order valence-electron chi connectivity index (χ3n) is 2.38. The molecule has 4 nitrogen and oxygen atoms in total. The fourth-order valence-electron chi connectivity index (χ4n) is 1.72. The maximum atomic E-state index is 12.3. The van der Waals surface area contributed by atoms with Gasteiger partial charge in [-0.2, -0.15) is 13.2 Å². The summed E-state index contributed by atoms with van der Waals surface area (Å²) in [6, 6.07) is 4.00. The van der Waals surface area contributed by atoms with Crippen LogP contribution in [0.4, 0.5) is 18.9 Å². The third kappa shape index (κ3) is 2.47. The normalized spacial score (nSPS) is 12.0. The van der Waals surface area contributed by atoms with Crippen LogP contribution in [0.5, 0.6) is 0 Å². The highest BCUT2D eigenvalue weighted by Crippen LogP contribution is 2.32. The average molecular weight is 323 g/mol. The van der Waals surface area contributed by atoms with Gasteiger partial charge in [0.1, 0.15) is 6.54 Å². The SMILES string of the molecule is O=[N+]([O-])c1cc(Br)cc2c1ccn2CC(F)(F)F. The first kappa shape index (κ1) is 12.9. The van der Waals surface area contributed by atoms with Gasteiger partial charge in [-0.05, 0) is 12.1 Å². The molecule has 0 atom stereocenters. The summed E-state index contributed by atoms with van der Waals surface area (Å²) in [7, 11) is 0. The van der Waals surface area contributed by atoms with Crippen molar-refractivity contribution in [2.24, 2.45) is 0 Å². The van der Waals surface area contributed by atoms with Gasteiger partial charge in [-0.25, -0.2) is 0 Å². The molecule has 1 aromatic carbocycles. The Kier molecular flexibility index (Phi) is 3.05. The van der Waals surface area contributed by atoms with Crippen molar-refractivity contribution >= 4 is 32.5 Å². The zero-order valence-corrected chi connectivity index (χ0v) is 10.3. The van der Waals surface area contributed by atoms with Crippen molar-refractivity contribution in [1.82, 2.24) is 4.57 Å². The predicted octanol–water partition coefficient (Wildman–Crippen LogP) is 3.87. The highest BCUT2D eigenvalue weighted by atomic mass is 79.9. The summed E-state index contributed by atoms with van der Waals surface area (Å²) in [6.07, 6.45) is -3.18.